The Hall–Kier alpha value is -1.09. The molecule has 88 valence electrons. The molecule has 1 aliphatic heterocycles. The summed E-state index contributed by atoms with van der Waals surface area (Å²) < 4.78 is 5.70. The minimum Gasteiger partial charge on any atom is -0.450 e. The first-order chi connectivity index (χ1) is 8.13. The highest BCUT2D eigenvalue weighted by Crippen LogP contribution is 2.49. The summed E-state index contributed by atoms with van der Waals surface area (Å²) in [4.78, 5) is 11.9. The maximum absolute atomic E-state index is 11.8. The molecule has 0 amide bonds. The Kier molecular flexibility index (Phi) is 2.40. The molecule has 1 saturated heterocycles. The third-order valence-corrected chi connectivity index (χ3v) is 4.80. The van der Waals surface area contributed by atoms with Crippen molar-refractivity contribution in [3.05, 3.63) is 47.5 Å². The topological polar surface area (TPSA) is 26.3 Å². The summed E-state index contributed by atoms with van der Waals surface area (Å²) in [5, 5.41) is 0. The second-order valence-corrected chi connectivity index (χ2v) is 5.82. The molecule has 2 nitrogen and oxygen atoms in total. The molecular formula is C14H13BrO2. The number of carbonyl (C=O) groups is 1. The van der Waals surface area contributed by atoms with Gasteiger partial charge in [0.25, 0.3) is 0 Å². The maximum Gasteiger partial charge on any atom is 0.334 e. The molecule has 0 saturated carbocycles. The summed E-state index contributed by atoms with van der Waals surface area (Å²) >= 11 is 3.68. The van der Waals surface area contributed by atoms with Crippen molar-refractivity contribution in [1.29, 1.82) is 0 Å². The van der Waals surface area contributed by atoms with Gasteiger partial charge in [-0.3, -0.25) is 0 Å². The first-order valence-corrected chi connectivity index (χ1v) is 6.68. The summed E-state index contributed by atoms with van der Waals surface area (Å²) in [6.45, 7) is 3.74. The van der Waals surface area contributed by atoms with Crippen molar-refractivity contribution in [3.8, 4) is 0 Å². The number of esters is 1. The van der Waals surface area contributed by atoms with E-state index in [2.05, 4.69) is 34.6 Å². The molecule has 3 rings (SSSR count). The molecule has 17 heavy (non-hydrogen) atoms. The lowest BCUT2D eigenvalue weighted by Gasteiger charge is -2.37. The van der Waals surface area contributed by atoms with Crippen LogP contribution in [-0.2, 0) is 21.6 Å². The van der Waals surface area contributed by atoms with Gasteiger partial charge in [0.15, 0.2) is 5.60 Å². The van der Waals surface area contributed by atoms with Crippen molar-refractivity contribution in [1.82, 2.24) is 0 Å². The summed E-state index contributed by atoms with van der Waals surface area (Å²) in [5.41, 5.74) is 2.53. The number of hydrogen-bond acceptors (Lipinski definition) is 2. The van der Waals surface area contributed by atoms with Crippen molar-refractivity contribution in [2.75, 3.05) is 0 Å². The van der Waals surface area contributed by atoms with E-state index in [1.54, 1.807) is 0 Å². The summed E-state index contributed by atoms with van der Waals surface area (Å²) in [6, 6.07) is 8.21. The Morgan fingerprint density at radius 3 is 2.94 bits per heavy atom. The molecule has 2 aliphatic rings. The van der Waals surface area contributed by atoms with Gasteiger partial charge in [-0.2, -0.15) is 0 Å². The Labute approximate surface area is 109 Å². The van der Waals surface area contributed by atoms with Crippen LogP contribution in [0, 0.1) is 0 Å². The van der Waals surface area contributed by atoms with Gasteiger partial charge in [0.1, 0.15) is 0 Å². The molecule has 1 aromatic carbocycles. The number of carbonyl (C=O) groups excluding carboxylic acids is 1. The zero-order valence-corrected chi connectivity index (χ0v) is 11.0. The van der Waals surface area contributed by atoms with Crippen LogP contribution in [0.1, 0.15) is 24.0 Å². The van der Waals surface area contributed by atoms with Gasteiger partial charge in [0.2, 0.25) is 0 Å². The lowest BCUT2D eigenvalue weighted by Crippen LogP contribution is -2.41. The molecule has 3 heteroatoms. The number of fused-ring (bicyclic) bond motifs is 2. The fourth-order valence-corrected chi connectivity index (χ4v) is 3.69. The number of rotatable bonds is 0. The fraction of sp³-hybridized carbons (Fsp3) is 0.357. The van der Waals surface area contributed by atoms with Gasteiger partial charge in [-0.05, 0) is 30.4 Å². The van der Waals surface area contributed by atoms with Crippen LogP contribution < -0.4 is 0 Å². The van der Waals surface area contributed by atoms with Crippen LogP contribution in [0.5, 0.6) is 0 Å². The molecule has 1 aromatic rings. The van der Waals surface area contributed by atoms with Crippen LogP contribution in [0.3, 0.4) is 0 Å². The first kappa shape index (κ1) is 11.0. The highest BCUT2D eigenvalue weighted by molar-refractivity contribution is 9.09. The van der Waals surface area contributed by atoms with Crippen molar-refractivity contribution in [2.24, 2.45) is 0 Å². The average molecular weight is 293 g/mol. The number of hydrogen-bond donors (Lipinski definition) is 0. The smallest absolute Gasteiger partial charge is 0.334 e. The largest absolute Gasteiger partial charge is 0.450 e. The molecule has 1 spiro atoms. The fourth-order valence-electron chi connectivity index (χ4n) is 2.78. The van der Waals surface area contributed by atoms with Gasteiger partial charge >= 0.3 is 5.97 Å². The van der Waals surface area contributed by atoms with Crippen molar-refractivity contribution in [2.45, 2.75) is 29.7 Å². The van der Waals surface area contributed by atoms with Crippen molar-refractivity contribution >= 4 is 21.9 Å². The third-order valence-electron chi connectivity index (χ3n) is 3.74. The van der Waals surface area contributed by atoms with Gasteiger partial charge < -0.3 is 4.74 Å². The second kappa shape index (κ2) is 3.70. The van der Waals surface area contributed by atoms with Gasteiger partial charge in [-0.15, -0.1) is 0 Å². The van der Waals surface area contributed by atoms with E-state index in [0.29, 0.717) is 5.57 Å². The second-order valence-electron chi connectivity index (χ2n) is 4.71. The van der Waals surface area contributed by atoms with E-state index in [1.807, 2.05) is 12.1 Å². The van der Waals surface area contributed by atoms with Gasteiger partial charge in [0, 0.05) is 5.57 Å². The molecule has 0 radical (unpaired) electrons. The van der Waals surface area contributed by atoms with E-state index in [-0.39, 0.29) is 10.8 Å². The van der Waals surface area contributed by atoms with Crippen molar-refractivity contribution in [3.63, 3.8) is 0 Å². The van der Waals surface area contributed by atoms with Crippen LogP contribution in [0.15, 0.2) is 36.4 Å². The Morgan fingerprint density at radius 1 is 1.41 bits per heavy atom. The Morgan fingerprint density at radius 2 is 2.18 bits per heavy atom. The predicted octanol–water partition coefficient (Wildman–Crippen LogP) is 3.09. The SMILES string of the molecule is C=C1CC[C@]2(OC1=O)c1ccccc1C[C@@H]2Br. The summed E-state index contributed by atoms with van der Waals surface area (Å²) in [7, 11) is 0. The predicted molar refractivity (Wildman–Crippen MR) is 69.0 cm³/mol. The van der Waals surface area contributed by atoms with Crippen LogP contribution in [-0.4, -0.2) is 10.8 Å². The van der Waals surface area contributed by atoms with E-state index in [0.717, 1.165) is 24.8 Å². The van der Waals surface area contributed by atoms with Crippen LogP contribution in [0.2, 0.25) is 0 Å². The molecular weight excluding hydrogens is 280 g/mol. The number of ether oxygens (including phenoxy) is 1. The lowest BCUT2D eigenvalue weighted by atomic mass is 9.86. The molecule has 1 aliphatic carbocycles. The number of benzene rings is 1. The Balaban J connectivity index is 2.08. The maximum atomic E-state index is 11.8. The van der Waals surface area contributed by atoms with E-state index in [1.165, 1.54) is 5.56 Å². The molecule has 2 atom stereocenters. The van der Waals surface area contributed by atoms with Gasteiger partial charge in [-0.25, -0.2) is 4.79 Å². The quantitative estimate of drug-likeness (QED) is 0.417. The molecule has 1 fully saturated rings. The molecule has 0 bridgehead atoms. The third kappa shape index (κ3) is 1.48. The lowest BCUT2D eigenvalue weighted by molar-refractivity contribution is -0.160. The molecule has 0 aromatic heterocycles. The highest BCUT2D eigenvalue weighted by Gasteiger charge is 2.50. The van der Waals surface area contributed by atoms with E-state index >= 15 is 0 Å². The first-order valence-electron chi connectivity index (χ1n) is 5.77. The standard InChI is InChI=1S/C14H13BrO2/c1-9-6-7-14(17-13(9)16)11-5-3-2-4-10(11)8-12(14)15/h2-5,12H,1,6-8H2/t12-,14-/m0/s1. The zero-order valence-electron chi connectivity index (χ0n) is 9.41. The van der Waals surface area contributed by atoms with E-state index in [9.17, 15) is 4.79 Å². The average Bonchev–Trinajstić information content (AvgIpc) is 2.58. The summed E-state index contributed by atoms with van der Waals surface area (Å²) in [5.74, 6) is -0.252. The van der Waals surface area contributed by atoms with Crippen LogP contribution in [0.25, 0.3) is 0 Å². The number of halogens is 1. The normalized spacial score (nSPS) is 31.5. The molecule has 0 unspecified atom stereocenters. The van der Waals surface area contributed by atoms with Crippen LogP contribution >= 0.6 is 15.9 Å². The van der Waals surface area contributed by atoms with E-state index in [4.69, 9.17) is 4.74 Å². The minimum atomic E-state index is -0.477. The molecule has 0 N–H and O–H groups in total. The molecule has 1 heterocycles. The van der Waals surface area contributed by atoms with Gasteiger partial charge in [-0.1, -0.05) is 46.8 Å². The van der Waals surface area contributed by atoms with Crippen LogP contribution in [0.4, 0.5) is 0 Å². The van der Waals surface area contributed by atoms with Gasteiger partial charge in [0.05, 0.1) is 4.83 Å². The summed E-state index contributed by atoms with van der Waals surface area (Å²) in [6.07, 6.45) is 2.45. The zero-order chi connectivity index (χ0) is 12.0. The van der Waals surface area contributed by atoms with E-state index < -0.39 is 5.60 Å². The highest BCUT2D eigenvalue weighted by atomic mass is 79.9. The Bertz CT molecular complexity index is 509. The monoisotopic (exact) mass is 292 g/mol. The number of alkyl halides is 1. The van der Waals surface area contributed by atoms with Crippen molar-refractivity contribution < 1.29 is 9.53 Å². The minimum absolute atomic E-state index is 0.171.